The summed E-state index contributed by atoms with van der Waals surface area (Å²) in [5.41, 5.74) is 0.816. The SMILES string of the molecule is O=C(c1ccc2c(c1)NC=CO2)N1CCN(c2ccc(Cl)c(C(F)(F)F)c2)CC1. The van der Waals surface area contributed by atoms with Crippen molar-refractivity contribution in [2.75, 3.05) is 36.4 Å². The lowest BCUT2D eigenvalue weighted by Gasteiger charge is -2.36. The highest BCUT2D eigenvalue weighted by atomic mass is 35.5. The van der Waals surface area contributed by atoms with Gasteiger partial charge in [0.15, 0.2) is 0 Å². The van der Waals surface area contributed by atoms with Crippen molar-refractivity contribution in [1.29, 1.82) is 0 Å². The third-order valence-corrected chi connectivity index (χ3v) is 5.25. The van der Waals surface area contributed by atoms with E-state index in [1.165, 1.54) is 12.3 Å². The second-order valence-electron chi connectivity index (χ2n) is 6.72. The highest BCUT2D eigenvalue weighted by molar-refractivity contribution is 6.31. The standard InChI is InChI=1S/C20H17ClF3N3O2/c21-16-3-2-14(12-15(16)20(22,23)24)26-6-8-27(9-7-26)19(28)13-1-4-18-17(11-13)25-5-10-29-18/h1-5,10-12,25H,6-9H2. The molecule has 9 heteroatoms. The van der Waals surface area contributed by atoms with Gasteiger partial charge < -0.3 is 19.9 Å². The maximum atomic E-state index is 13.1. The van der Waals surface area contributed by atoms with Crippen molar-refractivity contribution in [3.05, 3.63) is 65.0 Å². The fourth-order valence-electron chi connectivity index (χ4n) is 3.39. The van der Waals surface area contributed by atoms with Gasteiger partial charge in [0.25, 0.3) is 5.91 Å². The van der Waals surface area contributed by atoms with Crippen LogP contribution in [0.25, 0.3) is 0 Å². The minimum Gasteiger partial charge on any atom is -0.461 e. The summed E-state index contributed by atoms with van der Waals surface area (Å²) >= 11 is 5.69. The van der Waals surface area contributed by atoms with Crippen LogP contribution in [0.3, 0.4) is 0 Å². The lowest BCUT2D eigenvalue weighted by molar-refractivity contribution is -0.137. The summed E-state index contributed by atoms with van der Waals surface area (Å²) in [6, 6.07) is 9.03. The number of anilines is 2. The predicted octanol–water partition coefficient (Wildman–Crippen LogP) is 4.60. The molecule has 0 saturated carbocycles. The first-order valence-corrected chi connectivity index (χ1v) is 9.34. The molecule has 1 amide bonds. The quantitative estimate of drug-likeness (QED) is 0.767. The second-order valence-corrected chi connectivity index (χ2v) is 7.12. The van der Waals surface area contributed by atoms with E-state index in [0.717, 1.165) is 6.07 Å². The molecule has 4 rings (SSSR count). The maximum absolute atomic E-state index is 13.1. The molecule has 2 aromatic rings. The Morgan fingerprint density at radius 1 is 1.07 bits per heavy atom. The molecule has 1 N–H and O–H groups in total. The number of hydrogen-bond acceptors (Lipinski definition) is 4. The van der Waals surface area contributed by atoms with Crippen molar-refractivity contribution in [2.24, 2.45) is 0 Å². The van der Waals surface area contributed by atoms with Crippen LogP contribution < -0.4 is 15.0 Å². The molecule has 2 aromatic carbocycles. The summed E-state index contributed by atoms with van der Waals surface area (Å²) in [4.78, 5) is 16.3. The zero-order valence-corrected chi connectivity index (χ0v) is 15.9. The first kappa shape index (κ1) is 19.4. The van der Waals surface area contributed by atoms with Crippen LogP contribution in [0.15, 0.2) is 48.9 Å². The van der Waals surface area contributed by atoms with Crippen LogP contribution >= 0.6 is 11.6 Å². The zero-order chi connectivity index (χ0) is 20.6. The Hall–Kier alpha value is -2.87. The molecule has 0 aromatic heterocycles. The molecule has 29 heavy (non-hydrogen) atoms. The van der Waals surface area contributed by atoms with Crippen LogP contribution in [0, 0.1) is 0 Å². The summed E-state index contributed by atoms with van der Waals surface area (Å²) in [6.07, 6.45) is -1.36. The van der Waals surface area contributed by atoms with E-state index in [4.69, 9.17) is 16.3 Å². The van der Waals surface area contributed by atoms with Gasteiger partial charge in [-0.2, -0.15) is 13.2 Å². The monoisotopic (exact) mass is 423 g/mol. The molecule has 5 nitrogen and oxygen atoms in total. The summed E-state index contributed by atoms with van der Waals surface area (Å²) < 4.78 is 44.6. The number of rotatable bonds is 2. The van der Waals surface area contributed by atoms with E-state index < -0.39 is 11.7 Å². The van der Waals surface area contributed by atoms with Gasteiger partial charge in [0, 0.05) is 43.6 Å². The molecule has 0 radical (unpaired) electrons. The van der Waals surface area contributed by atoms with Gasteiger partial charge in [0.1, 0.15) is 12.0 Å². The van der Waals surface area contributed by atoms with Gasteiger partial charge in [-0.05, 0) is 36.4 Å². The van der Waals surface area contributed by atoms with E-state index in [9.17, 15) is 18.0 Å². The average Bonchev–Trinajstić information content (AvgIpc) is 2.72. The number of piperazine rings is 1. The van der Waals surface area contributed by atoms with Gasteiger partial charge >= 0.3 is 6.18 Å². The van der Waals surface area contributed by atoms with E-state index in [2.05, 4.69) is 5.32 Å². The third-order valence-electron chi connectivity index (χ3n) is 4.92. The molecule has 2 aliphatic heterocycles. The van der Waals surface area contributed by atoms with Crippen molar-refractivity contribution < 1.29 is 22.7 Å². The van der Waals surface area contributed by atoms with Crippen molar-refractivity contribution in [3.8, 4) is 5.75 Å². The topological polar surface area (TPSA) is 44.8 Å². The Morgan fingerprint density at radius 3 is 2.55 bits per heavy atom. The van der Waals surface area contributed by atoms with Crippen LogP contribution in [-0.2, 0) is 6.18 Å². The Kier molecular flexibility index (Phi) is 5.04. The van der Waals surface area contributed by atoms with E-state index in [0.29, 0.717) is 48.9 Å². The smallest absolute Gasteiger partial charge is 0.417 e. The summed E-state index contributed by atoms with van der Waals surface area (Å²) in [5.74, 6) is 0.507. The number of amides is 1. The largest absolute Gasteiger partial charge is 0.461 e. The number of nitrogens with one attached hydrogen (secondary N) is 1. The van der Waals surface area contributed by atoms with Crippen molar-refractivity contribution in [1.82, 2.24) is 4.90 Å². The summed E-state index contributed by atoms with van der Waals surface area (Å²) in [6.45, 7) is 1.67. The maximum Gasteiger partial charge on any atom is 0.417 e. The first-order valence-electron chi connectivity index (χ1n) is 8.96. The minimum atomic E-state index is -4.51. The Bertz CT molecular complexity index is 970. The van der Waals surface area contributed by atoms with Crippen molar-refractivity contribution >= 4 is 28.9 Å². The predicted molar refractivity (Wildman–Crippen MR) is 104 cm³/mol. The molecule has 1 saturated heterocycles. The number of carbonyl (C=O) groups excluding carboxylic acids is 1. The van der Waals surface area contributed by atoms with Crippen molar-refractivity contribution in [2.45, 2.75) is 6.18 Å². The van der Waals surface area contributed by atoms with Gasteiger partial charge in [-0.25, -0.2) is 0 Å². The number of hydrogen-bond donors (Lipinski definition) is 1. The lowest BCUT2D eigenvalue weighted by Crippen LogP contribution is -2.48. The molecule has 0 unspecified atom stereocenters. The van der Waals surface area contributed by atoms with Gasteiger partial charge in [-0.15, -0.1) is 0 Å². The number of nitrogens with zero attached hydrogens (tertiary/aromatic N) is 2. The molecule has 0 aliphatic carbocycles. The third kappa shape index (κ3) is 3.98. The van der Waals surface area contributed by atoms with Gasteiger partial charge in [-0.1, -0.05) is 11.6 Å². The highest BCUT2D eigenvalue weighted by Gasteiger charge is 2.34. The van der Waals surface area contributed by atoms with Crippen LogP contribution in [0.4, 0.5) is 24.5 Å². The van der Waals surface area contributed by atoms with Gasteiger partial charge in [0.2, 0.25) is 0 Å². The molecule has 0 atom stereocenters. The van der Waals surface area contributed by atoms with Crippen molar-refractivity contribution in [3.63, 3.8) is 0 Å². The fourth-order valence-corrected chi connectivity index (χ4v) is 3.61. The van der Waals surface area contributed by atoms with Crippen LogP contribution in [0.2, 0.25) is 5.02 Å². The number of alkyl halides is 3. The molecular formula is C20H17ClF3N3O2. The normalized spacial score (nSPS) is 16.1. The molecule has 0 spiro atoms. The minimum absolute atomic E-state index is 0.129. The average molecular weight is 424 g/mol. The molecule has 2 aliphatic rings. The van der Waals surface area contributed by atoms with Gasteiger partial charge in [0.05, 0.1) is 16.3 Å². The first-order chi connectivity index (χ1) is 13.8. The second kappa shape index (κ2) is 7.51. The molecule has 0 bridgehead atoms. The Labute approximate surface area is 170 Å². The number of ether oxygens (including phenoxy) is 1. The van der Waals surface area contributed by atoms with Gasteiger partial charge in [-0.3, -0.25) is 4.79 Å². The zero-order valence-electron chi connectivity index (χ0n) is 15.2. The fraction of sp³-hybridized carbons (Fsp3) is 0.250. The molecule has 2 heterocycles. The Balaban J connectivity index is 1.44. The summed E-state index contributed by atoms with van der Waals surface area (Å²) in [7, 11) is 0. The highest BCUT2D eigenvalue weighted by Crippen LogP contribution is 2.37. The Morgan fingerprint density at radius 2 is 1.83 bits per heavy atom. The van der Waals surface area contributed by atoms with E-state index in [1.807, 2.05) is 4.90 Å². The number of halogens is 4. The number of fused-ring (bicyclic) bond motifs is 1. The molecular weight excluding hydrogens is 407 g/mol. The van der Waals surface area contributed by atoms with E-state index in [1.54, 1.807) is 35.4 Å². The molecule has 152 valence electrons. The lowest BCUT2D eigenvalue weighted by atomic mass is 10.1. The van der Waals surface area contributed by atoms with Crippen LogP contribution in [0.1, 0.15) is 15.9 Å². The van der Waals surface area contributed by atoms with E-state index >= 15 is 0 Å². The number of benzene rings is 2. The number of carbonyl (C=O) groups is 1. The van der Waals surface area contributed by atoms with E-state index in [-0.39, 0.29) is 10.9 Å². The molecule has 1 fully saturated rings. The van der Waals surface area contributed by atoms with Crippen LogP contribution in [-0.4, -0.2) is 37.0 Å². The van der Waals surface area contributed by atoms with Crippen LogP contribution in [0.5, 0.6) is 5.75 Å². The summed E-state index contributed by atoms with van der Waals surface area (Å²) in [5, 5.41) is 2.70.